The quantitative estimate of drug-likeness (QED) is 0.517. The Labute approximate surface area is 134 Å². The molecule has 3 aromatic rings. The van der Waals surface area contributed by atoms with E-state index in [-0.39, 0.29) is 10.7 Å². The highest BCUT2D eigenvalue weighted by Gasteiger charge is 2.20. The maximum atomic E-state index is 11.1. The molecular formula is C13H10N6O3S. The van der Waals surface area contributed by atoms with Crippen LogP contribution in [0, 0.1) is 10.1 Å². The van der Waals surface area contributed by atoms with Crippen LogP contribution in [0.4, 0.5) is 5.69 Å². The summed E-state index contributed by atoms with van der Waals surface area (Å²) in [5, 5.41) is 23.1. The van der Waals surface area contributed by atoms with Crippen molar-refractivity contribution in [3.05, 3.63) is 52.7 Å². The van der Waals surface area contributed by atoms with Gasteiger partial charge in [-0.25, -0.2) is 4.98 Å². The number of aromatic nitrogens is 5. The average molecular weight is 330 g/mol. The average Bonchev–Trinajstić information content (AvgIpc) is 3.03. The van der Waals surface area contributed by atoms with E-state index >= 15 is 0 Å². The Morgan fingerprint density at radius 2 is 2.09 bits per heavy atom. The standard InChI is InChI=1S/C13H10N6O3S/c1-22-11-7-3-2-5-9(11)18-13(15-16-17-18)23-12-10(19(20)21)6-4-8-14-12/h2-8H,1H3. The Morgan fingerprint density at radius 1 is 1.26 bits per heavy atom. The summed E-state index contributed by atoms with van der Waals surface area (Å²) in [6.07, 6.45) is 1.48. The largest absolute Gasteiger partial charge is 0.494 e. The first-order chi connectivity index (χ1) is 11.2. The van der Waals surface area contributed by atoms with Gasteiger partial charge in [0.1, 0.15) is 11.4 Å². The summed E-state index contributed by atoms with van der Waals surface area (Å²) in [6, 6.07) is 10.1. The first-order valence-electron chi connectivity index (χ1n) is 6.39. The number of para-hydroxylation sites is 2. The van der Waals surface area contributed by atoms with Crippen molar-refractivity contribution >= 4 is 17.4 Å². The molecule has 0 radical (unpaired) electrons. The number of nitrogens with zero attached hydrogens (tertiary/aromatic N) is 6. The summed E-state index contributed by atoms with van der Waals surface area (Å²) in [5.74, 6) is 0.581. The van der Waals surface area contributed by atoms with E-state index in [1.165, 1.54) is 23.0 Å². The van der Waals surface area contributed by atoms with Gasteiger partial charge in [-0.05, 0) is 40.4 Å². The molecule has 2 aromatic heterocycles. The van der Waals surface area contributed by atoms with Crippen LogP contribution in [0.1, 0.15) is 0 Å². The summed E-state index contributed by atoms with van der Waals surface area (Å²) in [6.45, 7) is 0. The lowest BCUT2D eigenvalue weighted by atomic mass is 10.3. The van der Waals surface area contributed by atoms with Crippen molar-refractivity contribution in [3.8, 4) is 11.4 Å². The minimum atomic E-state index is -0.493. The maximum absolute atomic E-state index is 11.1. The number of tetrazole rings is 1. The molecule has 3 rings (SSSR count). The molecule has 0 aliphatic rings. The summed E-state index contributed by atoms with van der Waals surface area (Å²) in [4.78, 5) is 14.6. The molecule has 9 nitrogen and oxygen atoms in total. The molecule has 0 aliphatic heterocycles. The number of rotatable bonds is 5. The highest BCUT2D eigenvalue weighted by molar-refractivity contribution is 7.99. The fraction of sp³-hybridized carbons (Fsp3) is 0.0769. The van der Waals surface area contributed by atoms with Gasteiger partial charge < -0.3 is 4.74 Å². The van der Waals surface area contributed by atoms with Crippen molar-refractivity contribution < 1.29 is 9.66 Å². The number of ether oxygens (including phenoxy) is 1. The zero-order chi connectivity index (χ0) is 16.2. The van der Waals surface area contributed by atoms with Crippen molar-refractivity contribution in [2.75, 3.05) is 7.11 Å². The van der Waals surface area contributed by atoms with Crippen molar-refractivity contribution in [1.82, 2.24) is 25.2 Å². The third-order valence-electron chi connectivity index (χ3n) is 2.89. The van der Waals surface area contributed by atoms with Gasteiger partial charge in [0.15, 0.2) is 5.03 Å². The molecule has 0 bridgehead atoms. The molecule has 0 saturated heterocycles. The zero-order valence-electron chi connectivity index (χ0n) is 11.9. The van der Waals surface area contributed by atoms with Crippen molar-refractivity contribution in [2.24, 2.45) is 0 Å². The smallest absolute Gasteiger partial charge is 0.301 e. The number of pyridine rings is 1. The summed E-state index contributed by atoms with van der Waals surface area (Å²) in [7, 11) is 1.54. The fourth-order valence-corrected chi connectivity index (χ4v) is 2.72. The molecule has 116 valence electrons. The second kappa shape index (κ2) is 6.40. The Balaban J connectivity index is 2.01. The number of methoxy groups -OCH3 is 1. The van der Waals surface area contributed by atoms with Gasteiger partial charge >= 0.3 is 5.69 Å². The maximum Gasteiger partial charge on any atom is 0.301 e. The number of hydrogen-bond donors (Lipinski definition) is 0. The van der Waals surface area contributed by atoms with Crippen molar-refractivity contribution in [1.29, 1.82) is 0 Å². The lowest BCUT2D eigenvalue weighted by Crippen LogP contribution is -2.02. The van der Waals surface area contributed by atoms with E-state index in [9.17, 15) is 10.1 Å². The van der Waals surface area contributed by atoms with E-state index in [4.69, 9.17) is 4.74 Å². The Hall–Kier alpha value is -3.01. The van der Waals surface area contributed by atoms with Crippen molar-refractivity contribution in [3.63, 3.8) is 0 Å². The predicted octanol–water partition coefficient (Wildman–Crippen LogP) is 2.13. The van der Waals surface area contributed by atoms with Crippen molar-refractivity contribution in [2.45, 2.75) is 10.2 Å². The van der Waals surface area contributed by atoms with Gasteiger partial charge in [0.05, 0.1) is 12.0 Å². The molecule has 0 atom stereocenters. The van der Waals surface area contributed by atoms with Crippen LogP contribution < -0.4 is 4.74 Å². The molecule has 0 unspecified atom stereocenters. The highest BCUT2D eigenvalue weighted by Crippen LogP contribution is 2.33. The molecular weight excluding hydrogens is 320 g/mol. The minimum absolute atomic E-state index is 0.105. The first kappa shape index (κ1) is 14.9. The van der Waals surface area contributed by atoms with Crippen LogP contribution in [0.5, 0.6) is 5.75 Å². The summed E-state index contributed by atoms with van der Waals surface area (Å²) >= 11 is 1.01. The highest BCUT2D eigenvalue weighted by atomic mass is 32.2. The molecule has 0 spiro atoms. The van der Waals surface area contributed by atoms with Gasteiger partial charge in [-0.1, -0.05) is 12.1 Å². The lowest BCUT2D eigenvalue weighted by molar-refractivity contribution is -0.388. The normalized spacial score (nSPS) is 10.5. The van der Waals surface area contributed by atoms with E-state index in [0.29, 0.717) is 16.6 Å². The molecule has 23 heavy (non-hydrogen) atoms. The minimum Gasteiger partial charge on any atom is -0.494 e. The van der Waals surface area contributed by atoms with Gasteiger partial charge in [-0.3, -0.25) is 10.1 Å². The number of hydrogen-bond acceptors (Lipinski definition) is 8. The van der Waals surface area contributed by atoms with Crippen LogP contribution in [0.15, 0.2) is 52.8 Å². The van der Waals surface area contributed by atoms with Crippen LogP contribution in [0.2, 0.25) is 0 Å². The Bertz CT molecular complexity index is 853. The summed E-state index contributed by atoms with van der Waals surface area (Å²) < 4.78 is 6.73. The van der Waals surface area contributed by atoms with E-state index in [2.05, 4.69) is 20.5 Å². The number of benzene rings is 1. The van der Waals surface area contributed by atoms with Gasteiger partial charge in [0, 0.05) is 12.3 Å². The lowest BCUT2D eigenvalue weighted by Gasteiger charge is -2.08. The molecule has 0 aliphatic carbocycles. The van der Waals surface area contributed by atoms with Gasteiger partial charge in [-0.15, -0.1) is 5.10 Å². The van der Waals surface area contributed by atoms with E-state index < -0.39 is 4.92 Å². The third kappa shape index (κ3) is 2.97. The van der Waals surface area contributed by atoms with Crippen LogP contribution in [-0.2, 0) is 0 Å². The number of nitro groups is 1. The Morgan fingerprint density at radius 3 is 2.87 bits per heavy atom. The monoisotopic (exact) mass is 330 g/mol. The molecule has 0 fully saturated rings. The van der Waals surface area contributed by atoms with E-state index in [0.717, 1.165) is 11.8 Å². The molecule has 0 N–H and O–H groups in total. The SMILES string of the molecule is COc1ccccc1-n1nnnc1Sc1ncccc1[N+](=O)[O-]. The van der Waals surface area contributed by atoms with Gasteiger partial charge in [-0.2, -0.15) is 4.68 Å². The predicted molar refractivity (Wildman–Crippen MR) is 80.7 cm³/mol. The van der Waals surface area contributed by atoms with Crippen LogP contribution >= 0.6 is 11.8 Å². The first-order valence-corrected chi connectivity index (χ1v) is 7.21. The fourth-order valence-electron chi connectivity index (χ4n) is 1.88. The zero-order valence-corrected chi connectivity index (χ0v) is 12.7. The van der Waals surface area contributed by atoms with Crippen LogP contribution in [0.25, 0.3) is 5.69 Å². The molecule has 0 amide bonds. The van der Waals surface area contributed by atoms with E-state index in [1.807, 2.05) is 12.1 Å². The third-order valence-corrected chi connectivity index (χ3v) is 3.84. The molecule has 0 saturated carbocycles. The van der Waals surface area contributed by atoms with Crippen LogP contribution in [-0.4, -0.2) is 37.2 Å². The van der Waals surface area contributed by atoms with Crippen LogP contribution in [0.3, 0.4) is 0 Å². The second-order valence-electron chi connectivity index (χ2n) is 4.23. The van der Waals surface area contributed by atoms with E-state index in [1.54, 1.807) is 19.2 Å². The molecule has 1 aromatic carbocycles. The second-order valence-corrected chi connectivity index (χ2v) is 5.19. The molecule has 10 heteroatoms. The summed E-state index contributed by atoms with van der Waals surface area (Å²) in [5.41, 5.74) is 0.521. The van der Waals surface area contributed by atoms with Gasteiger partial charge in [0.25, 0.3) is 0 Å². The topological polar surface area (TPSA) is 109 Å². The van der Waals surface area contributed by atoms with Gasteiger partial charge in [0.2, 0.25) is 5.16 Å². The molecule has 2 heterocycles. The Kier molecular flexibility index (Phi) is 4.15.